The van der Waals surface area contributed by atoms with Crippen LogP contribution in [-0.4, -0.2) is 23.8 Å². The molecule has 0 spiro atoms. The van der Waals surface area contributed by atoms with Crippen molar-refractivity contribution in [2.75, 3.05) is 6.73 Å². The van der Waals surface area contributed by atoms with Gasteiger partial charge in [0, 0.05) is 11.7 Å². The Bertz CT molecular complexity index is 230. The number of hydrogen-bond donors (Lipinski definition) is 0. The zero-order valence-corrected chi connectivity index (χ0v) is 10.3. The number of rotatable bonds is 2. The first-order chi connectivity index (χ1) is 6.45. The summed E-state index contributed by atoms with van der Waals surface area (Å²) in [5.41, 5.74) is 2.86. The van der Waals surface area contributed by atoms with Crippen molar-refractivity contribution in [2.45, 2.75) is 53.7 Å². The predicted molar refractivity (Wildman–Crippen MR) is 59.9 cm³/mol. The molecule has 0 aromatic heterocycles. The van der Waals surface area contributed by atoms with Crippen molar-refractivity contribution in [1.82, 2.24) is 4.90 Å². The summed E-state index contributed by atoms with van der Waals surface area (Å²) in [7, 11) is 0. The van der Waals surface area contributed by atoms with Gasteiger partial charge in [-0.2, -0.15) is 0 Å². The topological polar surface area (TPSA) is 12.5 Å². The van der Waals surface area contributed by atoms with Gasteiger partial charge in [0.15, 0.2) is 0 Å². The molecule has 1 rings (SSSR count). The lowest BCUT2D eigenvalue weighted by atomic mass is 9.95. The fourth-order valence-corrected chi connectivity index (χ4v) is 2.26. The zero-order chi connectivity index (χ0) is 10.9. The van der Waals surface area contributed by atoms with Gasteiger partial charge in [-0.05, 0) is 39.2 Å². The highest BCUT2D eigenvalue weighted by atomic mass is 16.5. The van der Waals surface area contributed by atoms with E-state index >= 15 is 0 Å². The summed E-state index contributed by atoms with van der Waals surface area (Å²) in [6.45, 7) is 14.0. The lowest BCUT2D eigenvalue weighted by Gasteiger charge is -2.39. The molecule has 0 aromatic carbocycles. The second kappa shape index (κ2) is 4.35. The number of allylic oxidation sites excluding steroid dienone is 1. The largest absolute Gasteiger partial charge is 0.354 e. The normalized spacial score (nSPS) is 24.0. The van der Waals surface area contributed by atoms with E-state index in [2.05, 4.69) is 46.4 Å². The molecule has 0 saturated carbocycles. The average Bonchev–Trinajstić information content (AvgIpc) is 2.02. The first-order valence-electron chi connectivity index (χ1n) is 5.54. The van der Waals surface area contributed by atoms with Gasteiger partial charge in [-0.3, -0.25) is 0 Å². The maximum atomic E-state index is 5.76. The Hall–Kier alpha value is -0.500. The standard InChI is InChI=1S/C12H23NO/c1-8(2)12-10(5)13(9(3)4)7-14-11(12)6/h8-9,11H,7H2,1-6H3. The van der Waals surface area contributed by atoms with E-state index in [-0.39, 0.29) is 6.10 Å². The van der Waals surface area contributed by atoms with Crippen LogP contribution in [-0.2, 0) is 4.74 Å². The van der Waals surface area contributed by atoms with E-state index in [0.717, 1.165) is 6.73 Å². The Morgan fingerprint density at radius 3 is 2.29 bits per heavy atom. The summed E-state index contributed by atoms with van der Waals surface area (Å²) >= 11 is 0. The van der Waals surface area contributed by atoms with Gasteiger partial charge in [0.1, 0.15) is 6.73 Å². The summed E-state index contributed by atoms with van der Waals surface area (Å²) in [5.74, 6) is 0.576. The molecule has 82 valence electrons. The van der Waals surface area contributed by atoms with Crippen molar-refractivity contribution in [1.29, 1.82) is 0 Å². The van der Waals surface area contributed by atoms with E-state index in [0.29, 0.717) is 12.0 Å². The molecule has 0 amide bonds. The first kappa shape index (κ1) is 11.6. The summed E-state index contributed by atoms with van der Waals surface area (Å²) < 4.78 is 5.76. The number of hydrogen-bond acceptors (Lipinski definition) is 2. The third kappa shape index (κ3) is 2.11. The van der Waals surface area contributed by atoms with Crippen molar-refractivity contribution < 1.29 is 4.74 Å². The molecule has 1 atom stereocenters. The van der Waals surface area contributed by atoms with Crippen LogP contribution >= 0.6 is 0 Å². The fourth-order valence-electron chi connectivity index (χ4n) is 2.26. The van der Waals surface area contributed by atoms with Crippen molar-refractivity contribution in [3.8, 4) is 0 Å². The van der Waals surface area contributed by atoms with E-state index in [1.54, 1.807) is 0 Å². The van der Waals surface area contributed by atoms with E-state index in [1.165, 1.54) is 11.3 Å². The molecule has 14 heavy (non-hydrogen) atoms. The Labute approximate surface area is 87.9 Å². The fraction of sp³-hybridized carbons (Fsp3) is 0.833. The molecule has 0 saturated heterocycles. The van der Waals surface area contributed by atoms with Gasteiger partial charge in [0.25, 0.3) is 0 Å². The van der Waals surface area contributed by atoms with Crippen molar-refractivity contribution in [2.24, 2.45) is 5.92 Å². The smallest absolute Gasteiger partial charge is 0.119 e. The van der Waals surface area contributed by atoms with Crippen molar-refractivity contribution >= 4 is 0 Å². The Morgan fingerprint density at radius 2 is 1.86 bits per heavy atom. The van der Waals surface area contributed by atoms with Gasteiger partial charge >= 0.3 is 0 Å². The molecule has 0 aliphatic carbocycles. The monoisotopic (exact) mass is 197 g/mol. The summed E-state index contributed by atoms with van der Waals surface area (Å²) in [6.07, 6.45) is 0.282. The van der Waals surface area contributed by atoms with Crippen LogP contribution < -0.4 is 0 Å². The molecule has 1 aliphatic rings. The highest BCUT2D eigenvalue weighted by Crippen LogP contribution is 2.28. The molecule has 2 nitrogen and oxygen atoms in total. The SMILES string of the molecule is CC1=C(C(C)C)C(C)OCN1C(C)C. The highest BCUT2D eigenvalue weighted by molar-refractivity contribution is 5.19. The molecule has 2 heteroatoms. The van der Waals surface area contributed by atoms with Crippen LogP contribution in [0.15, 0.2) is 11.3 Å². The molecular formula is C12H23NO. The van der Waals surface area contributed by atoms with Crippen LogP contribution in [0.1, 0.15) is 41.5 Å². The van der Waals surface area contributed by atoms with Crippen LogP contribution in [0.2, 0.25) is 0 Å². The minimum Gasteiger partial charge on any atom is -0.354 e. The number of ether oxygens (including phenoxy) is 1. The maximum absolute atomic E-state index is 5.76. The van der Waals surface area contributed by atoms with Gasteiger partial charge in [0.2, 0.25) is 0 Å². The third-order valence-corrected chi connectivity index (χ3v) is 3.00. The number of nitrogens with zero attached hydrogens (tertiary/aromatic N) is 1. The Balaban J connectivity index is 2.98. The lowest BCUT2D eigenvalue weighted by molar-refractivity contribution is -0.0215. The van der Waals surface area contributed by atoms with Crippen LogP contribution in [0.5, 0.6) is 0 Å². The summed E-state index contributed by atoms with van der Waals surface area (Å²) in [6, 6.07) is 0.524. The molecule has 0 aromatic rings. The van der Waals surface area contributed by atoms with E-state index in [4.69, 9.17) is 4.74 Å². The maximum Gasteiger partial charge on any atom is 0.119 e. The molecule has 1 heterocycles. The Morgan fingerprint density at radius 1 is 1.29 bits per heavy atom. The lowest BCUT2D eigenvalue weighted by Crippen LogP contribution is -2.40. The zero-order valence-electron chi connectivity index (χ0n) is 10.3. The van der Waals surface area contributed by atoms with Gasteiger partial charge in [-0.1, -0.05) is 13.8 Å². The molecule has 0 N–H and O–H groups in total. The van der Waals surface area contributed by atoms with Crippen molar-refractivity contribution in [3.05, 3.63) is 11.3 Å². The third-order valence-electron chi connectivity index (χ3n) is 3.00. The summed E-state index contributed by atoms with van der Waals surface area (Å²) in [5, 5.41) is 0. The molecule has 0 fully saturated rings. The van der Waals surface area contributed by atoms with E-state index in [9.17, 15) is 0 Å². The molecule has 0 bridgehead atoms. The van der Waals surface area contributed by atoms with Crippen molar-refractivity contribution in [3.63, 3.8) is 0 Å². The molecule has 0 radical (unpaired) electrons. The second-order valence-electron chi connectivity index (χ2n) is 4.70. The molecular weight excluding hydrogens is 174 g/mol. The van der Waals surface area contributed by atoms with Gasteiger partial charge in [-0.15, -0.1) is 0 Å². The first-order valence-corrected chi connectivity index (χ1v) is 5.54. The average molecular weight is 197 g/mol. The van der Waals surface area contributed by atoms with Gasteiger partial charge in [0.05, 0.1) is 6.10 Å². The van der Waals surface area contributed by atoms with Crippen LogP contribution in [0.4, 0.5) is 0 Å². The van der Waals surface area contributed by atoms with Crippen LogP contribution in [0.3, 0.4) is 0 Å². The molecule has 1 aliphatic heterocycles. The summed E-state index contributed by atoms with van der Waals surface area (Å²) in [4.78, 5) is 2.33. The molecule has 1 unspecified atom stereocenters. The van der Waals surface area contributed by atoms with E-state index in [1.807, 2.05) is 0 Å². The highest BCUT2D eigenvalue weighted by Gasteiger charge is 2.25. The van der Waals surface area contributed by atoms with Crippen LogP contribution in [0.25, 0.3) is 0 Å². The minimum atomic E-state index is 0.282. The van der Waals surface area contributed by atoms with Crippen LogP contribution in [0, 0.1) is 5.92 Å². The van der Waals surface area contributed by atoms with E-state index < -0.39 is 0 Å². The Kier molecular flexibility index (Phi) is 3.59. The van der Waals surface area contributed by atoms with Gasteiger partial charge in [-0.25, -0.2) is 0 Å². The predicted octanol–water partition coefficient (Wildman–Crippen LogP) is 3.00. The minimum absolute atomic E-state index is 0.282. The van der Waals surface area contributed by atoms with Gasteiger partial charge < -0.3 is 9.64 Å². The second-order valence-corrected chi connectivity index (χ2v) is 4.70. The quantitative estimate of drug-likeness (QED) is 0.674.